The van der Waals surface area contributed by atoms with Crippen molar-refractivity contribution in [3.05, 3.63) is 29.8 Å². The number of hydrogen-bond acceptors (Lipinski definition) is 5. The molecule has 126 valence electrons. The van der Waals surface area contributed by atoms with E-state index in [1.165, 1.54) is 0 Å². The van der Waals surface area contributed by atoms with Gasteiger partial charge in [-0.05, 0) is 30.7 Å². The first kappa shape index (κ1) is 20.4. The molecule has 0 aliphatic carbocycles. The van der Waals surface area contributed by atoms with Crippen molar-refractivity contribution in [3.8, 4) is 5.75 Å². The molecule has 0 fully saturated rings. The molecule has 5 nitrogen and oxygen atoms in total. The Kier molecular flexibility index (Phi) is 13.3. The summed E-state index contributed by atoms with van der Waals surface area (Å²) >= 11 is 0. The van der Waals surface area contributed by atoms with E-state index >= 15 is 0 Å². The Morgan fingerprint density at radius 1 is 1.00 bits per heavy atom. The zero-order valence-electron chi connectivity index (χ0n) is 13.8. The van der Waals surface area contributed by atoms with Crippen molar-refractivity contribution in [1.82, 2.24) is 0 Å². The smallest absolute Gasteiger partial charge is 0.338 e. The van der Waals surface area contributed by atoms with Gasteiger partial charge in [-0.1, -0.05) is 33.6 Å². The molecule has 0 saturated heterocycles. The molecule has 0 aliphatic rings. The molecule has 0 aliphatic heterocycles. The second kappa shape index (κ2) is 14.4. The van der Waals surface area contributed by atoms with E-state index in [-0.39, 0.29) is 19.2 Å². The maximum absolute atomic E-state index is 11.7. The van der Waals surface area contributed by atoms with Gasteiger partial charge in [-0.3, -0.25) is 5.26 Å². The third-order valence-electron chi connectivity index (χ3n) is 2.72. The number of rotatable bonds is 10. The number of unbranched alkanes of at least 4 members (excludes halogenated alkanes) is 2. The van der Waals surface area contributed by atoms with Crippen LogP contribution in [0.1, 0.15) is 56.8 Å². The quantitative estimate of drug-likeness (QED) is 0.302. The molecule has 0 aromatic heterocycles. The van der Waals surface area contributed by atoms with Gasteiger partial charge in [0.15, 0.2) is 0 Å². The van der Waals surface area contributed by atoms with Crippen LogP contribution in [0.15, 0.2) is 24.3 Å². The minimum absolute atomic E-state index is 0.151. The van der Waals surface area contributed by atoms with Crippen molar-refractivity contribution in [3.63, 3.8) is 0 Å². The maximum Gasteiger partial charge on any atom is 0.338 e. The van der Waals surface area contributed by atoms with Crippen LogP contribution in [0.2, 0.25) is 0 Å². The van der Waals surface area contributed by atoms with Crippen molar-refractivity contribution >= 4 is 5.97 Å². The molecule has 0 unspecified atom stereocenters. The third kappa shape index (κ3) is 9.37. The summed E-state index contributed by atoms with van der Waals surface area (Å²) in [5.41, 5.74) is 0.482. The molecule has 0 amide bonds. The van der Waals surface area contributed by atoms with E-state index in [2.05, 4.69) is 11.8 Å². The second-order valence-electron chi connectivity index (χ2n) is 4.40. The highest BCUT2D eigenvalue weighted by Crippen LogP contribution is 2.13. The molecule has 0 saturated carbocycles. The van der Waals surface area contributed by atoms with E-state index in [0.717, 1.165) is 25.0 Å². The van der Waals surface area contributed by atoms with Crippen LogP contribution in [0.5, 0.6) is 5.75 Å². The molecule has 0 bridgehead atoms. The fourth-order valence-electron chi connectivity index (χ4n) is 1.60. The molecule has 1 rings (SSSR count). The molecular weight excluding hydrogens is 284 g/mol. The highest BCUT2D eigenvalue weighted by atomic mass is 17.1. The van der Waals surface area contributed by atoms with Crippen LogP contribution in [0.4, 0.5) is 0 Å². The first-order valence-corrected chi connectivity index (χ1v) is 7.94. The van der Waals surface area contributed by atoms with Gasteiger partial charge < -0.3 is 9.47 Å². The van der Waals surface area contributed by atoms with Crippen molar-refractivity contribution in [2.24, 2.45) is 0 Å². The number of carbonyl (C=O) groups is 1. The van der Waals surface area contributed by atoms with Crippen molar-refractivity contribution in [2.45, 2.75) is 46.5 Å². The topological polar surface area (TPSA) is 65.0 Å². The Bertz CT molecular complexity index is 375. The van der Waals surface area contributed by atoms with Gasteiger partial charge in [0.05, 0.1) is 25.4 Å². The molecule has 0 spiro atoms. The lowest BCUT2D eigenvalue weighted by Crippen LogP contribution is -2.08. The SMILES string of the molecule is CC.CCCCCOc1ccc(C(=O)OCCCOO)cc1. The van der Waals surface area contributed by atoms with Crippen LogP contribution < -0.4 is 4.74 Å². The molecule has 0 radical (unpaired) electrons. The standard InChI is InChI=1S/C15H22O5.C2H6/c1-2-3-4-10-18-14-8-6-13(7-9-14)15(16)19-11-5-12-20-17;1-2/h6-9,17H,2-5,10-12H2,1H3;1-2H3. The van der Waals surface area contributed by atoms with Gasteiger partial charge in [-0.25, -0.2) is 9.68 Å². The predicted octanol–water partition coefficient (Wildman–Crippen LogP) is 4.32. The van der Waals surface area contributed by atoms with Gasteiger partial charge in [0.25, 0.3) is 0 Å². The third-order valence-corrected chi connectivity index (χ3v) is 2.72. The average Bonchev–Trinajstić information content (AvgIpc) is 2.58. The molecule has 1 aromatic carbocycles. The number of hydrogen-bond donors (Lipinski definition) is 1. The molecule has 22 heavy (non-hydrogen) atoms. The zero-order chi connectivity index (χ0) is 16.6. The van der Waals surface area contributed by atoms with Crippen molar-refractivity contribution < 1.29 is 24.4 Å². The molecule has 5 heteroatoms. The Balaban J connectivity index is 0.00000211. The predicted molar refractivity (Wildman–Crippen MR) is 86.3 cm³/mol. The van der Waals surface area contributed by atoms with Gasteiger partial charge in [0, 0.05) is 6.42 Å². The summed E-state index contributed by atoms with van der Waals surface area (Å²) in [5.74, 6) is 0.367. The van der Waals surface area contributed by atoms with Crippen LogP contribution in [0, 0.1) is 0 Å². The van der Waals surface area contributed by atoms with Gasteiger partial charge in [0.2, 0.25) is 0 Å². The summed E-state index contributed by atoms with van der Waals surface area (Å²) in [4.78, 5) is 15.5. The summed E-state index contributed by atoms with van der Waals surface area (Å²) in [6.45, 7) is 7.21. The van der Waals surface area contributed by atoms with Gasteiger partial charge >= 0.3 is 5.97 Å². The summed E-state index contributed by atoms with van der Waals surface area (Å²) in [5, 5.41) is 8.13. The van der Waals surface area contributed by atoms with Crippen LogP contribution >= 0.6 is 0 Å². The fourth-order valence-corrected chi connectivity index (χ4v) is 1.60. The average molecular weight is 312 g/mol. The number of benzene rings is 1. The fraction of sp³-hybridized carbons (Fsp3) is 0.588. The van der Waals surface area contributed by atoms with Gasteiger partial charge in [-0.15, -0.1) is 0 Å². The molecule has 1 N–H and O–H groups in total. The van der Waals surface area contributed by atoms with E-state index in [1.807, 2.05) is 13.8 Å². The number of carbonyl (C=O) groups excluding carboxylic acids is 1. The monoisotopic (exact) mass is 312 g/mol. The van der Waals surface area contributed by atoms with Crippen molar-refractivity contribution in [2.75, 3.05) is 19.8 Å². The second-order valence-corrected chi connectivity index (χ2v) is 4.40. The highest BCUT2D eigenvalue weighted by molar-refractivity contribution is 5.89. The molecule has 0 heterocycles. The summed E-state index contributed by atoms with van der Waals surface area (Å²) in [6.07, 6.45) is 3.81. The minimum Gasteiger partial charge on any atom is -0.494 e. The Morgan fingerprint density at radius 2 is 1.68 bits per heavy atom. The Hall–Kier alpha value is -1.59. The summed E-state index contributed by atoms with van der Waals surface area (Å²) in [6, 6.07) is 6.89. The Labute approximate surface area is 133 Å². The summed E-state index contributed by atoms with van der Waals surface area (Å²) in [7, 11) is 0. The lowest BCUT2D eigenvalue weighted by molar-refractivity contribution is -0.243. The number of esters is 1. The molecule has 1 aromatic rings. The van der Waals surface area contributed by atoms with E-state index in [1.54, 1.807) is 24.3 Å². The minimum atomic E-state index is -0.388. The lowest BCUT2D eigenvalue weighted by Gasteiger charge is -2.07. The maximum atomic E-state index is 11.7. The Morgan fingerprint density at radius 3 is 2.27 bits per heavy atom. The van der Waals surface area contributed by atoms with E-state index < -0.39 is 0 Å². The van der Waals surface area contributed by atoms with E-state index in [4.69, 9.17) is 14.7 Å². The highest BCUT2D eigenvalue weighted by Gasteiger charge is 2.06. The van der Waals surface area contributed by atoms with Gasteiger partial charge in [0.1, 0.15) is 5.75 Å². The normalized spacial score (nSPS) is 9.64. The van der Waals surface area contributed by atoms with Crippen LogP contribution in [0.3, 0.4) is 0 Å². The van der Waals surface area contributed by atoms with Crippen LogP contribution in [-0.4, -0.2) is 31.0 Å². The summed E-state index contributed by atoms with van der Waals surface area (Å²) < 4.78 is 10.6. The van der Waals surface area contributed by atoms with E-state index in [9.17, 15) is 4.79 Å². The van der Waals surface area contributed by atoms with Crippen LogP contribution in [-0.2, 0) is 9.62 Å². The zero-order valence-corrected chi connectivity index (χ0v) is 13.8. The van der Waals surface area contributed by atoms with Crippen molar-refractivity contribution in [1.29, 1.82) is 0 Å². The van der Waals surface area contributed by atoms with E-state index in [0.29, 0.717) is 18.6 Å². The largest absolute Gasteiger partial charge is 0.494 e. The first-order chi connectivity index (χ1) is 10.8. The molecule has 0 atom stereocenters. The van der Waals surface area contributed by atoms with Crippen LogP contribution in [0.25, 0.3) is 0 Å². The number of ether oxygens (including phenoxy) is 2. The first-order valence-electron chi connectivity index (χ1n) is 7.94. The molecular formula is C17H28O5. The lowest BCUT2D eigenvalue weighted by atomic mass is 10.2. The van der Waals surface area contributed by atoms with Gasteiger partial charge in [-0.2, -0.15) is 0 Å².